The molecule has 1 N–H and O–H groups in total. The molecular weight excluding hydrogens is 542 g/mol. The van der Waals surface area contributed by atoms with Gasteiger partial charge in [-0.1, -0.05) is 0 Å². The molecule has 10 heteroatoms. The monoisotopic (exact) mass is 563 g/mol. The number of hydrogen-bond donors (Lipinski definition) is 1. The zero-order valence-electron chi connectivity index (χ0n) is 18.4. The molecule has 0 aromatic heterocycles. The highest BCUT2D eigenvalue weighted by Crippen LogP contribution is 2.42. The Morgan fingerprint density at radius 2 is 1.84 bits per heavy atom. The van der Waals surface area contributed by atoms with Gasteiger partial charge in [-0.25, -0.2) is 0 Å². The zero-order chi connectivity index (χ0) is 23.7. The number of imide groups is 1. The molecule has 0 aliphatic carbocycles. The third-order valence-electron chi connectivity index (χ3n) is 5.09. The lowest BCUT2D eigenvalue weighted by Crippen LogP contribution is -2.30. The normalized spacial score (nSPS) is 13.3. The molecule has 32 heavy (non-hydrogen) atoms. The maximum absolute atomic E-state index is 12.5. The van der Waals surface area contributed by atoms with Crippen molar-refractivity contribution >= 4 is 72.3 Å². The average molecular weight is 565 g/mol. The van der Waals surface area contributed by atoms with E-state index in [4.69, 9.17) is 0 Å². The molecule has 0 fully saturated rings. The summed E-state index contributed by atoms with van der Waals surface area (Å²) < 4.78 is 0.890. The van der Waals surface area contributed by atoms with E-state index >= 15 is 0 Å². The minimum absolute atomic E-state index is 0.224. The second-order valence-electron chi connectivity index (χ2n) is 7.58. The van der Waals surface area contributed by atoms with Gasteiger partial charge in [0.15, 0.2) is 0 Å². The predicted molar refractivity (Wildman–Crippen MR) is 131 cm³/mol. The highest BCUT2D eigenvalue weighted by molar-refractivity contribution is 9.11. The number of azo groups is 1. The van der Waals surface area contributed by atoms with Gasteiger partial charge in [0.05, 0.1) is 21.3 Å². The van der Waals surface area contributed by atoms with Crippen molar-refractivity contribution < 1.29 is 14.4 Å². The second-order valence-corrected chi connectivity index (χ2v) is 9.22. The van der Waals surface area contributed by atoms with Crippen LogP contribution in [-0.4, -0.2) is 42.3 Å². The Balaban J connectivity index is 2.05. The predicted octanol–water partition coefficient (Wildman–Crippen LogP) is 6.05. The van der Waals surface area contributed by atoms with Gasteiger partial charge in [-0.15, -0.1) is 10.2 Å². The van der Waals surface area contributed by atoms with E-state index in [2.05, 4.69) is 73.1 Å². The van der Waals surface area contributed by atoms with Gasteiger partial charge in [-0.05, 0) is 76.9 Å². The summed E-state index contributed by atoms with van der Waals surface area (Å²) in [6.07, 6.45) is 0. The first-order chi connectivity index (χ1) is 15.1. The molecule has 1 aliphatic rings. The fourth-order valence-corrected chi connectivity index (χ4v) is 5.00. The van der Waals surface area contributed by atoms with E-state index in [1.807, 2.05) is 12.1 Å². The third-order valence-corrected chi connectivity index (χ3v) is 6.47. The standard InChI is InChI=1S/C22H23Br2N5O3/c1-6-29(11(2)3)13-7-8-16(17(9-13)25-12(4)30)26-27-20-15(23)10-14-18(19(20)24)22(32)28(5)21(14)31/h7-11H,6H2,1-5H3,(H,25,30). The van der Waals surface area contributed by atoms with Crippen molar-refractivity contribution in [3.05, 3.63) is 44.3 Å². The van der Waals surface area contributed by atoms with Gasteiger partial charge in [-0.2, -0.15) is 0 Å². The summed E-state index contributed by atoms with van der Waals surface area (Å²) in [5.74, 6) is -1.00. The fourth-order valence-electron chi connectivity index (χ4n) is 3.55. The molecule has 2 aromatic rings. The van der Waals surface area contributed by atoms with Crippen LogP contribution in [-0.2, 0) is 4.79 Å². The minimum Gasteiger partial charge on any atom is -0.369 e. The van der Waals surface area contributed by atoms with Crippen molar-refractivity contribution in [2.24, 2.45) is 10.2 Å². The van der Waals surface area contributed by atoms with Crippen LogP contribution in [0.2, 0.25) is 0 Å². The summed E-state index contributed by atoms with van der Waals surface area (Å²) in [6, 6.07) is 7.43. The van der Waals surface area contributed by atoms with Crippen molar-refractivity contribution in [2.75, 3.05) is 23.8 Å². The van der Waals surface area contributed by atoms with Gasteiger partial charge in [0, 0.05) is 36.7 Å². The van der Waals surface area contributed by atoms with Gasteiger partial charge in [0.1, 0.15) is 11.4 Å². The maximum atomic E-state index is 12.5. The molecule has 1 heterocycles. The number of fused-ring (bicyclic) bond motifs is 1. The van der Waals surface area contributed by atoms with E-state index in [0.717, 1.165) is 17.1 Å². The summed E-state index contributed by atoms with van der Waals surface area (Å²) in [7, 11) is 1.43. The molecule has 3 amide bonds. The first kappa shape index (κ1) is 24.1. The quantitative estimate of drug-likeness (QED) is 0.341. The van der Waals surface area contributed by atoms with Gasteiger partial charge < -0.3 is 10.2 Å². The van der Waals surface area contributed by atoms with Crippen LogP contribution in [0.15, 0.2) is 43.4 Å². The molecule has 1 aliphatic heterocycles. The largest absolute Gasteiger partial charge is 0.369 e. The van der Waals surface area contributed by atoms with Crippen LogP contribution in [0.3, 0.4) is 0 Å². The smallest absolute Gasteiger partial charge is 0.262 e. The van der Waals surface area contributed by atoms with E-state index in [1.165, 1.54) is 14.0 Å². The number of anilines is 2. The second kappa shape index (κ2) is 9.50. The topological polar surface area (TPSA) is 94.4 Å². The number of carbonyl (C=O) groups is 3. The van der Waals surface area contributed by atoms with E-state index in [9.17, 15) is 14.4 Å². The molecule has 0 atom stereocenters. The molecule has 0 unspecified atom stereocenters. The Morgan fingerprint density at radius 3 is 2.44 bits per heavy atom. The van der Waals surface area contributed by atoms with Crippen molar-refractivity contribution in [1.82, 2.24) is 4.90 Å². The highest BCUT2D eigenvalue weighted by Gasteiger charge is 2.36. The third kappa shape index (κ3) is 4.47. The fraction of sp³-hybridized carbons (Fsp3) is 0.318. The first-order valence-electron chi connectivity index (χ1n) is 10.0. The van der Waals surface area contributed by atoms with E-state index in [0.29, 0.717) is 31.6 Å². The van der Waals surface area contributed by atoms with Crippen LogP contribution in [0.1, 0.15) is 48.4 Å². The minimum atomic E-state index is -0.405. The molecule has 3 rings (SSSR count). The summed E-state index contributed by atoms with van der Waals surface area (Å²) in [6.45, 7) is 8.51. The van der Waals surface area contributed by atoms with Gasteiger partial charge in [0.2, 0.25) is 5.91 Å². The number of carbonyl (C=O) groups excluding carboxylic acids is 3. The number of rotatable bonds is 6. The molecule has 0 radical (unpaired) electrons. The van der Waals surface area contributed by atoms with Crippen LogP contribution >= 0.6 is 31.9 Å². The Bertz CT molecular complexity index is 1150. The molecule has 0 saturated heterocycles. The Kier molecular flexibility index (Phi) is 7.14. The van der Waals surface area contributed by atoms with Crippen LogP contribution in [0, 0.1) is 0 Å². The summed E-state index contributed by atoms with van der Waals surface area (Å²) >= 11 is 6.82. The number of hydrogen-bond acceptors (Lipinski definition) is 6. The zero-order valence-corrected chi connectivity index (χ0v) is 21.5. The molecule has 8 nitrogen and oxygen atoms in total. The average Bonchev–Trinajstić information content (AvgIpc) is 2.93. The van der Waals surface area contributed by atoms with Gasteiger partial charge in [0.25, 0.3) is 11.8 Å². The van der Waals surface area contributed by atoms with E-state index in [-0.39, 0.29) is 23.4 Å². The Labute approximate surface area is 203 Å². The van der Waals surface area contributed by atoms with Crippen molar-refractivity contribution in [3.63, 3.8) is 0 Å². The maximum Gasteiger partial charge on any atom is 0.262 e. The lowest BCUT2D eigenvalue weighted by Gasteiger charge is -2.28. The SMILES string of the molecule is CCN(c1ccc(N=Nc2c(Br)cc3c(c2Br)C(=O)N(C)C3=O)c(NC(C)=O)c1)C(C)C. The summed E-state index contributed by atoms with van der Waals surface area (Å²) in [5.41, 5.74) is 2.86. The van der Waals surface area contributed by atoms with Crippen molar-refractivity contribution in [3.8, 4) is 0 Å². The highest BCUT2D eigenvalue weighted by atomic mass is 79.9. The first-order valence-corrected chi connectivity index (χ1v) is 11.6. The Morgan fingerprint density at radius 1 is 1.16 bits per heavy atom. The van der Waals surface area contributed by atoms with Crippen LogP contribution in [0.5, 0.6) is 0 Å². The molecule has 0 bridgehead atoms. The van der Waals surface area contributed by atoms with Crippen molar-refractivity contribution in [1.29, 1.82) is 0 Å². The van der Waals surface area contributed by atoms with Crippen LogP contribution in [0.4, 0.5) is 22.7 Å². The lowest BCUT2D eigenvalue weighted by atomic mass is 10.1. The summed E-state index contributed by atoms with van der Waals surface area (Å²) in [5, 5.41) is 11.5. The molecule has 0 saturated carbocycles. The molecule has 168 valence electrons. The number of nitrogens with one attached hydrogen (secondary N) is 1. The van der Waals surface area contributed by atoms with Crippen LogP contribution in [0.25, 0.3) is 0 Å². The summed E-state index contributed by atoms with van der Waals surface area (Å²) in [4.78, 5) is 39.8. The number of amides is 3. The van der Waals surface area contributed by atoms with E-state index in [1.54, 1.807) is 12.1 Å². The number of nitrogens with zero attached hydrogens (tertiary/aromatic N) is 4. The van der Waals surface area contributed by atoms with Crippen molar-refractivity contribution in [2.45, 2.75) is 33.7 Å². The van der Waals surface area contributed by atoms with Gasteiger partial charge >= 0.3 is 0 Å². The Hall–Kier alpha value is -2.59. The van der Waals surface area contributed by atoms with Gasteiger partial charge in [-0.3, -0.25) is 19.3 Å². The molecule has 0 spiro atoms. The lowest BCUT2D eigenvalue weighted by molar-refractivity contribution is -0.114. The van der Waals surface area contributed by atoms with Crippen LogP contribution < -0.4 is 10.2 Å². The molecular formula is C22H23Br2N5O3. The number of halogens is 2. The van der Waals surface area contributed by atoms with E-state index < -0.39 is 5.91 Å². The number of benzene rings is 2. The molecule has 2 aromatic carbocycles.